The summed E-state index contributed by atoms with van der Waals surface area (Å²) in [7, 11) is 0. The molecule has 0 aliphatic rings. The molecule has 0 bridgehead atoms. The van der Waals surface area contributed by atoms with Crippen LogP contribution in [0.25, 0.3) is 0 Å². The molecule has 2 rings (SSSR count). The van der Waals surface area contributed by atoms with E-state index in [0.29, 0.717) is 0 Å². The van der Waals surface area contributed by atoms with Gasteiger partial charge in [-0.3, -0.25) is 0 Å². The molecule has 3 nitrogen and oxygen atoms in total. The molecule has 0 spiro atoms. The molecule has 27 heavy (non-hydrogen) atoms. The van der Waals surface area contributed by atoms with Gasteiger partial charge in [0.05, 0.1) is 0 Å². The Labute approximate surface area is 165 Å². The Kier molecular flexibility index (Phi) is 9.03. The van der Waals surface area contributed by atoms with Crippen LogP contribution in [-0.4, -0.2) is 0 Å². The van der Waals surface area contributed by atoms with Crippen LogP contribution >= 0.6 is 0 Å². The lowest BCUT2D eigenvalue weighted by molar-refractivity contribution is 0.481. The zero-order valence-corrected chi connectivity index (χ0v) is 17.1. The van der Waals surface area contributed by atoms with E-state index in [1.807, 2.05) is 24.3 Å². The Morgan fingerprint density at radius 3 is 1.48 bits per heavy atom. The molecule has 0 aliphatic heterocycles. The van der Waals surface area contributed by atoms with Gasteiger partial charge < -0.3 is 16.2 Å². The van der Waals surface area contributed by atoms with E-state index in [1.54, 1.807) is 0 Å². The average Bonchev–Trinajstić information content (AvgIpc) is 2.67. The molecule has 148 valence electrons. The summed E-state index contributed by atoms with van der Waals surface area (Å²) in [5.41, 5.74) is 16.4. The van der Waals surface area contributed by atoms with E-state index < -0.39 is 0 Å². The van der Waals surface area contributed by atoms with Crippen LogP contribution in [-0.2, 0) is 12.8 Å². The summed E-state index contributed by atoms with van der Waals surface area (Å²) in [6, 6.07) is 12.0. The van der Waals surface area contributed by atoms with Crippen LogP contribution in [0.5, 0.6) is 11.5 Å². The normalized spacial score (nSPS) is 10.9. The summed E-state index contributed by atoms with van der Waals surface area (Å²) in [6.07, 6.45) is 11.9. The molecule has 2 aromatic carbocycles. The predicted octanol–water partition coefficient (Wildman–Crippen LogP) is 6.89. The van der Waals surface area contributed by atoms with Gasteiger partial charge in [-0.15, -0.1) is 0 Å². The van der Waals surface area contributed by atoms with Crippen molar-refractivity contribution in [3.63, 3.8) is 0 Å². The van der Waals surface area contributed by atoms with Gasteiger partial charge in [0, 0.05) is 11.4 Å². The van der Waals surface area contributed by atoms with Crippen LogP contribution in [0.3, 0.4) is 0 Å². The Hall–Kier alpha value is -2.16. The van der Waals surface area contributed by atoms with Gasteiger partial charge in [0.1, 0.15) is 11.5 Å². The third-order valence-electron chi connectivity index (χ3n) is 5.06. The molecule has 0 unspecified atom stereocenters. The van der Waals surface area contributed by atoms with Crippen molar-refractivity contribution in [2.45, 2.75) is 78.1 Å². The van der Waals surface area contributed by atoms with Gasteiger partial charge in [-0.1, -0.05) is 52.4 Å². The Balaban J connectivity index is 2.01. The molecule has 0 aromatic heterocycles. The van der Waals surface area contributed by atoms with Gasteiger partial charge >= 0.3 is 0 Å². The van der Waals surface area contributed by atoms with Crippen LogP contribution in [0, 0.1) is 0 Å². The van der Waals surface area contributed by atoms with Crippen molar-refractivity contribution in [2.75, 3.05) is 11.5 Å². The maximum atomic E-state index is 6.15. The highest BCUT2D eigenvalue weighted by Crippen LogP contribution is 2.29. The van der Waals surface area contributed by atoms with E-state index in [4.69, 9.17) is 16.2 Å². The van der Waals surface area contributed by atoms with Crippen molar-refractivity contribution < 1.29 is 4.74 Å². The van der Waals surface area contributed by atoms with Gasteiger partial charge in [-0.05, 0) is 73.2 Å². The first-order chi connectivity index (χ1) is 13.1. The molecular formula is C24H36N2O. The van der Waals surface area contributed by atoms with E-state index in [2.05, 4.69) is 26.0 Å². The molecule has 0 atom stereocenters. The van der Waals surface area contributed by atoms with Gasteiger partial charge in [0.2, 0.25) is 0 Å². The molecule has 0 amide bonds. The fourth-order valence-electron chi connectivity index (χ4n) is 3.34. The number of unbranched alkanes of at least 4 members (excludes halogenated alkanes) is 6. The van der Waals surface area contributed by atoms with Crippen molar-refractivity contribution in [3.8, 4) is 11.5 Å². The van der Waals surface area contributed by atoms with E-state index in [-0.39, 0.29) is 0 Å². The summed E-state index contributed by atoms with van der Waals surface area (Å²) in [5.74, 6) is 1.69. The van der Waals surface area contributed by atoms with Crippen molar-refractivity contribution in [3.05, 3.63) is 47.5 Å². The van der Waals surface area contributed by atoms with Crippen LogP contribution in [0.2, 0.25) is 0 Å². The second kappa shape index (κ2) is 11.5. The first-order valence-electron chi connectivity index (χ1n) is 10.6. The lowest BCUT2D eigenvalue weighted by Gasteiger charge is -2.12. The van der Waals surface area contributed by atoms with Crippen molar-refractivity contribution in [1.29, 1.82) is 0 Å². The van der Waals surface area contributed by atoms with E-state index in [1.165, 1.54) is 62.5 Å². The number of anilines is 2. The fourth-order valence-corrected chi connectivity index (χ4v) is 3.34. The maximum absolute atomic E-state index is 6.15. The minimum atomic E-state index is 0.844. The summed E-state index contributed by atoms with van der Waals surface area (Å²) in [6.45, 7) is 4.46. The molecule has 0 heterocycles. The number of hydrogen-bond acceptors (Lipinski definition) is 3. The number of hydrogen-bond donors (Lipinski definition) is 2. The topological polar surface area (TPSA) is 61.3 Å². The molecule has 3 heteroatoms. The minimum Gasteiger partial charge on any atom is -0.457 e. The van der Waals surface area contributed by atoms with Crippen molar-refractivity contribution in [1.82, 2.24) is 0 Å². The van der Waals surface area contributed by atoms with Gasteiger partial charge in [0.15, 0.2) is 0 Å². The lowest BCUT2D eigenvalue weighted by atomic mass is 10.0. The monoisotopic (exact) mass is 368 g/mol. The summed E-state index contributed by atoms with van der Waals surface area (Å²) in [4.78, 5) is 0. The smallest absolute Gasteiger partial charge is 0.127 e. The Morgan fingerprint density at radius 2 is 1.07 bits per heavy atom. The van der Waals surface area contributed by atoms with Crippen molar-refractivity contribution >= 4 is 11.4 Å². The molecule has 4 N–H and O–H groups in total. The highest BCUT2D eigenvalue weighted by molar-refractivity contribution is 5.53. The highest BCUT2D eigenvalue weighted by atomic mass is 16.5. The molecule has 0 radical (unpaired) electrons. The second-order valence-corrected chi connectivity index (χ2v) is 7.44. The van der Waals surface area contributed by atoms with Crippen LogP contribution in [0.4, 0.5) is 11.4 Å². The first-order valence-corrected chi connectivity index (χ1v) is 10.6. The standard InChI is InChI=1S/C24H36N2O/c1-3-5-7-9-11-19-17-21(13-15-23(19)25)27-22-14-16-24(26)20(18-22)12-10-8-6-4-2/h13-18H,3-12,25-26H2,1-2H3. The lowest BCUT2D eigenvalue weighted by Crippen LogP contribution is -1.98. The number of nitrogen functional groups attached to an aromatic ring is 2. The number of nitrogens with two attached hydrogens (primary N) is 2. The summed E-state index contributed by atoms with van der Waals surface area (Å²) >= 11 is 0. The summed E-state index contributed by atoms with van der Waals surface area (Å²) < 4.78 is 6.11. The SMILES string of the molecule is CCCCCCc1cc(Oc2ccc(N)c(CCCCCC)c2)ccc1N. The molecule has 0 saturated carbocycles. The van der Waals surface area contributed by atoms with E-state index >= 15 is 0 Å². The molecule has 0 aliphatic carbocycles. The van der Waals surface area contributed by atoms with Gasteiger partial charge in [0.25, 0.3) is 0 Å². The number of aryl methyl sites for hydroxylation is 2. The third kappa shape index (κ3) is 7.16. The third-order valence-corrected chi connectivity index (χ3v) is 5.06. The zero-order valence-electron chi connectivity index (χ0n) is 17.1. The van der Waals surface area contributed by atoms with Gasteiger partial charge in [-0.2, -0.15) is 0 Å². The first kappa shape index (κ1) is 21.1. The second-order valence-electron chi connectivity index (χ2n) is 7.44. The van der Waals surface area contributed by atoms with E-state index in [0.717, 1.165) is 35.7 Å². The molecule has 2 aromatic rings. The highest BCUT2D eigenvalue weighted by Gasteiger charge is 2.06. The minimum absolute atomic E-state index is 0.844. The number of ether oxygens (including phenoxy) is 1. The number of rotatable bonds is 12. The Morgan fingerprint density at radius 1 is 0.630 bits per heavy atom. The molecular weight excluding hydrogens is 332 g/mol. The Bertz CT molecular complexity index is 637. The molecule has 0 saturated heterocycles. The van der Waals surface area contributed by atoms with Crippen LogP contribution in [0.1, 0.15) is 76.3 Å². The molecule has 0 fully saturated rings. The van der Waals surface area contributed by atoms with Gasteiger partial charge in [-0.25, -0.2) is 0 Å². The summed E-state index contributed by atoms with van der Waals surface area (Å²) in [5, 5.41) is 0. The fraction of sp³-hybridized carbons (Fsp3) is 0.500. The quantitative estimate of drug-likeness (QED) is 0.317. The maximum Gasteiger partial charge on any atom is 0.127 e. The van der Waals surface area contributed by atoms with E-state index in [9.17, 15) is 0 Å². The largest absolute Gasteiger partial charge is 0.457 e. The van der Waals surface area contributed by atoms with Crippen LogP contribution < -0.4 is 16.2 Å². The van der Waals surface area contributed by atoms with Crippen molar-refractivity contribution in [2.24, 2.45) is 0 Å². The van der Waals surface area contributed by atoms with Crippen LogP contribution in [0.15, 0.2) is 36.4 Å². The zero-order chi connectivity index (χ0) is 19.5. The predicted molar refractivity (Wildman–Crippen MR) is 117 cm³/mol. The number of benzene rings is 2. The average molecular weight is 369 g/mol.